The summed E-state index contributed by atoms with van der Waals surface area (Å²) in [6.45, 7) is 4.17. The molecular formula is C20H20Cl2N2O2. The van der Waals surface area contributed by atoms with E-state index in [2.05, 4.69) is 24.1 Å². The average Bonchev–Trinajstić information content (AvgIpc) is 3.00. The topological polar surface area (TPSA) is 62.0 Å². The van der Waals surface area contributed by atoms with E-state index < -0.39 is 0 Å². The Morgan fingerprint density at radius 3 is 2.50 bits per heavy atom. The first-order chi connectivity index (χ1) is 12.3. The van der Waals surface area contributed by atoms with Gasteiger partial charge in [-0.2, -0.15) is 0 Å². The fourth-order valence-corrected chi connectivity index (χ4v) is 3.59. The van der Waals surface area contributed by atoms with Gasteiger partial charge >= 0.3 is 0 Å². The van der Waals surface area contributed by atoms with Crippen molar-refractivity contribution in [1.82, 2.24) is 10.3 Å². The van der Waals surface area contributed by atoms with Crippen LogP contribution in [0.5, 0.6) is 0 Å². The molecule has 1 aromatic carbocycles. The van der Waals surface area contributed by atoms with Crippen molar-refractivity contribution in [3.05, 3.63) is 73.6 Å². The van der Waals surface area contributed by atoms with E-state index in [-0.39, 0.29) is 22.5 Å². The van der Waals surface area contributed by atoms with Crippen LogP contribution in [-0.2, 0) is 4.79 Å². The molecule has 1 aromatic heterocycles. The van der Waals surface area contributed by atoms with Gasteiger partial charge in [-0.15, -0.1) is 0 Å². The van der Waals surface area contributed by atoms with Crippen molar-refractivity contribution < 1.29 is 4.79 Å². The molecule has 1 atom stereocenters. The van der Waals surface area contributed by atoms with Gasteiger partial charge in [-0.3, -0.25) is 9.59 Å². The number of hydrogen-bond donors (Lipinski definition) is 2. The van der Waals surface area contributed by atoms with E-state index in [1.165, 1.54) is 0 Å². The zero-order valence-corrected chi connectivity index (χ0v) is 16.1. The molecular weight excluding hydrogens is 371 g/mol. The number of carbonyl (C=O) groups is 1. The molecule has 136 valence electrons. The number of carbonyl (C=O) groups excluding carboxylic acids is 1. The Bertz CT molecular complexity index is 932. The van der Waals surface area contributed by atoms with Crippen molar-refractivity contribution in [2.75, 3.05) is 0 Å². The van der Waals surface area contributed by atoms with Gasteiger partial charge in [0.1, 0.15) is 5.02 Å². The minimum absolute atomic E-state index is 0.0309. The lowest BCUT2D eigenvalue weighted by Crippen LogP contribution is -2.23. The monoisotopic (exact) mass is 390 g/mol. The molecule has 3 rings (SSSR count). The Labute approximate surface area is 162 Å². The highest BCUT2D eigenvalue weighted by Crippen LogP contribution is 2.31. The maximum Gasteiger partial charge on any atom is 0.267 e. The fourth-order valence-electron chi connectivity index (χ4n) is 3.08. The highest BCUT2D eigenvalue weighted by molar-refractivity contribution is 6.31. The van der Waals surface area contributed by atoms with Crippen molar-refractivity contribution in [2.24, 2.45) is 0 Å². The first-order valence-electron chi connectivity index (χ1n) is 8.55. The number of aromatic amines is 1. The fraction of sp³-hybridized carbons (Fsp3) is 0.300. The summed E-state index contributed by atoms with van der Waals surface area (Å²) in [6.07, 6.45) is 3.18. The third kappa shape index (κ3) is 4.02. The third-order valence-electron chi connectivity index (χ3n) is 4.48. The number of benzene rings is 1. The Kier molecular flexibility index (Phi) is 5.54. The van der Waals surface area contributed by atoms with E-state index in [0.29, 0.717) is 23.1 Å². The number of H-pyrrole nitrogens is 1. The van der Waals surface area contributed by atoms with Crippen molar-refractivity contribution in [1.29, 1.82) is 0 Å². The van der Waals surface area contributed by atoms with Gasteiger partial charge < -0.3 is 10.3 Å². The van der Waals surface area contributed by atoms with Gasteiger partial charge in [-0.05, 0) is 41.7 Å². The number of hydrogen-bond acceptors (Lipinski definition) is 2. The third-order valence-corrected chi connectivity index (χ3v) is 5.11. The van der Waals surface area contributed by atoms with E-state index in [9.17, 15) is 9.59 Å². The predicted octanol–water partition coefficient (Wildman–Crippen LogP) is 4.52. The minimum Gasteiger partial charge on any atom is -0.350 e. The second kappa shape index (κ2) is 7.68. The van der Waals surface area contributed by atoms with Crippen LogP contribution in [0.15, 0.2) is 41.2 Å². The largest absolute Gasteiger partial charge is 0.350 e. The minimum atomic E-state index is -0.351. The average molecular weight is 391 g/mol. The van der Waals surface area contributed by atoms with Crippen LogP contribution in [0.1, 0.15) is 49.4 Å². The van der Waals surface area contributed by atoms with E-state index in [1.807, 2.05) is 24.3 Å². The molecule has 6 heteroatoms. The number of nitrogens with one attached hydrogen (secondary N) is 2. The van der Waals surface area contributed by atoms with E-state index in [0.717, 1.165) is 23.1 Å². The summed E-state index contributed by atoms with van der Waals surface area (Å²) >= 11 is 12.3. The summed E-state index contributed by atoms with van der Waals surface area (Å²) in [7, 11) is 0. The first kappa shape index (κ1) is 18.7. The molecule has 1 fully saturated rings. The molecule has 1 amide bonds. The quantitative estimate of drug-likeness (QED) is 0.805. The summed E-state index contributed by atoms with van der Waals surface area (Å²) in [6, 6.07) is 9.12. The van der Waals surface area contributed by atoms with Crippen molar-refractivity contribution in [2.45, 2.75) is 38.6 Å². The van der Waals surface area contributed by atoms with Gasteiger partial charge in [-0.25, -0.2) is 0 Å². The number of amides is 1. The lowest BCUT2D eigenvalue weighted by Gasteiger charge is -2.15. The Hall–Kier alpha value is -2.04. The molecule has 0 aliphatic carbocycles. The van der Waals surface area contributed by atoms with Crippen LogP contribution in [0.4, 0.5) is 0 Å². The van der Waals surface area contributed by atoms with E-state index >= 15 is 0 Å². The Balaban J connectivity index is 2.10. The lowest BCUT2D eigenvalue weighted by atomic mass is 9.95. The summed E-state index contributed by atoms with van der Waals surface area (Å²) < 4.78 is 0. The zero-order chi connectivity index (χ0) is 18.8. The molecule has 0 spiro atoms. The summed E-state index contributed by atoms with van der Waals surface area (Å²) in [5.74, 6) is 0.344. The molecule has 0 radical (unpaired) electrons. The van der Waals surface area contributed by atoms with Crippen LogP contribution in [0.25, 0.3) is 5.57 Å². The number of aromatic nitrogens is 1. The molecule has 2 heterocycles. The van der Waals surface area contributed by atoms with Gasteiger partial charge in [0.25, 0.3) is 5.56 Å². The highest BCUT2D eigenvalue weighted by atomic mass is 35.5. The Morgan fingerprint density at radius 1 is 1.15 bits per heavy atom. The van der Waals surface area contributed by atoms with Crippen molar-refractivity contribution in [3.8, 4) is 0 Å². The maximum absolute atomic E-state index is 12.0. The summed E-state index contributed by atoms with van der Waals surface area (Å²) in [5.41, 5.74) is 3.03. The van der Waals surface area contributed by atoms with Gasteiger partial charge in [0, 0.05) is 28.8 Å². The van der Waals surface area contributed by atoms with Gasteiger partial charge in [0.05, 0.1) is 0 Å². The maximum atomic E-state index is 12.0. The first-order valence-corrected chi connectivity index (χ1v) is 9.31. The normalized spacial score (nSPS) is 17.7. The molecule has 0 saturated carbocycles. The number of rotatable bonds is 4. The molecule has 1 aliphatic heterocycles. The highest BCUT2D eigenvalue weighted by Gasteiger charge is 2.21. The lowest BCUT2D eigenvalue weighted by molar-refractivity contribution is -0.119. The zero-order valence-electron chi connectivity index (χ0n) is 14.6. The number of halogens is 2. The van der Waals surface area contributed by atoms with Crippen LogP contribution in [0, 0.1) is 0 Å². The van der Waals surface area contributed by atoms with Crippen molar-refractivity contribution in [3.63, 3.8) is 0 Å². The van der Waals surface area contributed by atoms with Gasteiger partial charge in [-0.1, -0.05) is 55.3 Å². The molecule has 0 unspecified atom stereocenters. The van der Waals surface area contributed by atoms with E-state index in [4.69, 9.17) is 23.2 Å². The molecule has 26 heavy (non-hydrogen) atoms. The molecule has 2 N–H and O–H groups in total. The van der Waals surface area contributed by atoms with Crippen molar-refractivity contribution >= 4 is 34.7 Å². The van der Waals surface area contributed by atoms with Crippen LogP contribution in [0.3, 0.4) is 0 Å². The summed E-state index contributed by atoms with van der Waals surface area (Å²) in [4.78, 5) is 26.3. The predicted molar refractivity (Wildman–Crippen MR) is 106 cm³/mol. The Morgan fingerprint density at radius 2 is 1.92 bits per heavy atom. The van der Waals surface area contributed by atoms with Crippen LogP contribution in [-0.4, -0.2) is 16.9 Å². The molecule has 1 saturated heterocycles. The van der Waals surface area contributed by atoms with Gasteiger partial charge in [0.2, 0.25) is 5.91 Å². The second-order valence-electron chi connectivity index (χ2n) is 6.73. The second-order valence-corrected chi connectivity index (χ2v) is 7.55. The molecule has 2 aromatic rings. The summed E-state index contributed by atoms with van der Waals surface area (Å²) in [5, 5.41) is 3.74. The SMILES string of the molecule is CC(C)c1ccc(/C(=C/[C@H]2CCC(=O)N2)c2ccc(Cl)c(=O)[nH]2)cc1Cl. The van der Waals surface area contributed by atoms with Crippen LogP contribution >= 0.6 is 23.2 Å². The molecule has 4 nitrogen and oxygen atoms in total. The number of pyridine rings is 1. The van der Waals surface area contributed by atoms with E-state index in [1.54, 1.807) is 12.1 Å². The molecule has 0 bridgehead atoms. The van der Waals surface area contributed by atoms with Crippen LogP contribution in [0.2, 0.25) is 10.0 Å². The smallest absolute Gasteiger partial charge is 0.267 e. The standard InChI is InChI=1S/C20H20Cl2N2O2/c1-11(2)14-5-3-12(9-17(14)22)15(10-13-4-8-19(25)23-13)18-7-6-16(21)20(26)24-18/h3,5-7,9-11,13H,4,8H2,1-2H3,(H,23,25)(H,24,26)/b15-10-/t13-/m1/s1. The molecule has 1 aliphatic rings. The van der Waals surface area contributed by atoms with Crippen LogP contribution < -0.4 is 10.9 Å². The van der Waals surface area contributed by atoms with Gasteiger partial charge in [0.15, 0.2) is 0 Å².